The lowest BCUT2D eigenvalue weighted by Crippen LogP contribution is -2.38. The van der Waals surface area contributed by atoms with E-state index in [-0.39, 0.29) is 5.41 Å². The first-order chi connectivity index (χ1) is 10.6. The highest BCUT2D eigenvalue weighted by molar-refractivity contribution is 5.64. The summed E-state index contributed by atoms with van der Waals surface area (Å²) in [7, 11) is 2.05. The Morgan fingerprint density at radius 3 is 2.77 bits per heavy atom. The van der Waals surface area contributed by atoms with Gasteiger partial charge in [-0.2, -0.15) is 0 Å². The Bertz CT molecular complexity index is 559. The molecule has 1 aromatic carbocycles. The van der Waals surface area contributed by atoms with Crippen molar-refractivity contribution in [1.29, 1.82) is 0 Å². The predicted octanol–water partition coefficient (Wildman–Crippen LogP) is 4.34. The lowest BCUT2D eigenvalue weighted by molar-refractivity contribution is 0.0344. The highest BCUT2D eigenvalue weighted by Gasteiger charge is 2.38. The lowest BCUT2D eigenvalue weighted by Gasteiger charge is -2.42. The monoisotopic (exact) mass is 300 g/mol. The van der Waals surface area contributed by atoms with Crippen LogP contribution in [0.1, 0.15) is 55.7 Å². The summed E-state index contributed by atoms with van der Waals surface area (Å²) >= 11 is 0. The van der Waals surface area contributed by atoms with E-state index >= 15 is 0 Å². The Labute approximate surface area is 134 Å². The van der Waals surface area contributed by atoms with Crippen LogP contribution in [0.2, 0.25) is 0 Å². The van der Waals surface area contributed by atoms with Crippen LogP contribution in [-0.2, 0) is 16.8 Å². The molecule has 3 heteroatoms. The Morgan fingerprint density at radius 2 is 2.05 bits per heavy atom. The van der Waals surface area contributed by atoms with Crippen molar-refractivity contribution in [2.45, 2.75) is 58.0 Å². The standard InChI is InChI=1S/C19H28N2O/c1-4-21(3)14-20-18-11-16-12-22-13-19(8-6-5-7-9-19)17(16)10-15(18)2/h10-11,14H,4-9,12-13H2,1-3H3. The van der Waals surface area contributed by atoms with Crippen LogP contribution in [0.25, 0.3) is 0 Å². The summed E-state index contributed by atoms with van der Waals surface area (Å²) in [5, 5.41) is 0. The zero-order chi connectivity index (χ0) is 15.6. The highest BCUT2D eigenvalue weighted by Crippen LogP contribution is 2.45. The maximum absolute atomic E-state index is 5.97. The van der Waals surface area contributed by atoms with Crippen molar-refractivity contribution in [3.8, 4) is 0 Å². The van der Waals surface area contributed by atoms with E-state index < -0.39 is 0 Å². The molecule has 0 saturated heterocycles. The van der Waals surface area contributed by atoms with Crippen LogP contribution in [0.3, 0.4) is 0 Å². The van der Waals surface area contributed by atoms with Crippen LogP contribution in [-0.4, -0.2) is 31.4 Å². The van der Waals surface area contributed by atoms with Gasteiger partial charge in [-0.3, -0.25) is 0 Å². The summed E-state index contributed by atoms with van der Waals surface area (Å²) < 4.78 is 5.97. The van der Waals surface area contributed by atoms with Crippen LogP contribution in [0, 0.1) is 6.92 Å². The molecule has 1 heterocycles. The molecule has 0 N–H and O–H groups in total. The van der Waals surface area contributed by atoms with Gasteiger partial charge < -0.3 is 9.64 Å². The molecule has 1 aliphatic carbocycles. The fourth-order valence-electron chi connectivity index (χ4n) is 3.81. The smallest absolute Gasteiger partial charge is 0.0909 e. The molecule has 1 spiro atoms. The third-order valence-corrected chi connectivity index (χ3v) is 5.33. The van der Waals surface area contributed by atoms with Crippen LogP contribution in [0.4, 0.5) is 5.69 Å². The van der Waals surface area contributed by atoms with Gasteiger partial charge in [-0.15, -0.1) is 0 Å². The van der Waals surface area contributed by atoms with Crippen molar-refractivity contribution in [3.63, 3.8) is 0 Å². The van der Waals surface area contributed by atoms with Crippen molar-refractivity contribution in [2.75, 3.05) is 20.2 Å². The minimum atomic E-state index is 0.277. The van der Waals surface area contributed by atoms with Gasteiger partial charge in [0.25, 0.3) is 0 Å². The first-order valence-corrected chi connectivity index (χ1v) is 8.61. The molecule has 22 heavy (non-hydrogen) atoms. The number of aliphatic imine (C=N–C) groups is 1. The molecule has 1 aromatic rings. The van der Waals surface area contributed by atoms with Gasteiger partial charge in [0.1, 0.15) is 0 Å². The molecule has 3 rings (SSSR count). The van der Waals surface area contributed by atoms with E-state index in [0.717, 1.165) is 25.4 Å². The number of hydrogen-bond acceptors (Lipinski definition) is 2. The Morgan fingerprint density at radius 1 is 1.27 bits per heavy atom. The van der Waals surface area contributed by atoms with Crippen LogP contribution >= 0.6 is 0 Å². The highest BCUT2D eigenvalue weighted by atomic mass is 16.5. The summed E-state index contributed by atoms with van der Waals surface area (Å²) in [6, 6.07) is 4.64. The van der Waals surface area contributed by atoms with Gasteiger partial charge in [0, 0.05) is 19.0 Å². The number of hydrogen-bond donors (Lipinski definition) is 0. The maximum Gasteiger partial charge on any atom is 0.0909 e. The van der Waals surface area contributed by atoms with Crippen molar-refractivity contribution in [1.82, 2.24) is 4.90 Å². The van der Waals surface area contributed by atoms with Crippen LogP contribution in [0.5, 0.6) is 0 Å². The third-order valence-electron chi connectivity index (χ3n) is 5.33. The number of benzene rings is 1. The van der Waals surface area contributed by atoms with E-state index in [2.05, 4.69) is 42.9 Å². The molecule has 120 valence electrons. The summed E-state index contributed by atoms with van der Waals surface area (Å²) in [5.74, 6) is 0. The fourth-order valence-corrected chi connectivity index (χ4v) is 3.81. The minimum Gasteiger partial charge on any atom is -0.376 e. The maximum atomic E-state index is 5.97. The van der Waals surface area contributed by atoms with Gasteiger partial charge in [0.05, 0.1) is 25.2 Å². The van der Waals surface area contributed by atoms with Gasteiger partial charge in [-0.1, -0.05) is 25.3 Å². The second-order valence-electron chi connectivity index (χ2n) is 6.95. The van der Waals surface area contributed by atoms with E-state index in [1.54, 1.807) is 5.56 Å². The Hall–Kier alpha value is -1.35. The number of rotatable bonds is 3. The van der Waals surface area contributed by atoms with Crippen molar-refractivity contribution < 1.29 is 4.74 Å². The van der Waals surface area contributed by atoms with Crippen LogP contribution < -0.4 is 0 Å². The van der Waals surface area contributed by atoms with Gasteiger partial charge in [0.15, 0.2) is 0 Å². The predicted molar refractivity (Wildman–Crippen MR) is 92.1 cm³/mol. The molecule has 1 saturated carbocycles. The summed E-state index contributed by atoms with van der Waals surface area (Å²) in [6.07, 6.45) is 8.53. The quantitative estimate of drug-likeness (QED) is 0.613. The molecular weight excluding hydrogens is 272 g/mol. The normalized spacial score (nSPS) is 20.3. The number of ether oxygens (including phenoxy) is 1. The van der Waals surface area contributed by atoms with E-state index in [4.69, 9.17) is 4.74 Å². The van der Waals surface area contributed by atoms with Crippen molar-refractivity contribution in [2.24, 2.45) is 4.99 Å². The average Bonchev–Trinajstić information content (AvgIpc) is 2.54. The van der Waals surface area contributed by atoms with E-state index in [0.29, 0.717) is 0 Å². The second-order valence-corrected chi connectivity index (χ2v) is 6.95. The summed E-state index contributed by atoms with van der Waals surface area (Å²) in [6.45, 7) is 6.93. The van der Waals surface area contributed by atoms with Crippen LogP contribution in [0.15, 0.2) is 17.1 Å². The second kappa shape index (κ2) is 6.41. The van der Waals surface area contributed by atoms with Gasteiger partial charge in [-0.05, 0) is 49.4 Å². The lowest BCUT2D eigenvalue weighted by atomic mass is 9.67. The van der Waals surface area contributed by atoms with Gasteiger partial charge in [0.2, 0.25) is 0 Å². The Balaban J connectivity index is 1.95. The number of aryl methyl sites for hydroxylation is 1. The van der Waals surface area contributed by atoms with E-state index in [1.807, 2.05) is 6.34 Å². The first kappa shape index (κ1) is 15.5. The molecule has 0 aromatic heterocycles. The third kappa shape index (κ3) is 2.91. The van der Waals surface area contributed by atoms with E-state index in [9.17, 15) is 0 Å². The molecule has 0 radical (unpaired) electrons. The molecule has 1 fully saturated rings. The fraction of sp³-hybridized carbons (Fsp3) is 0.632. The molecule has 2 aliphatic rings. The molecule has 0 amide bonds. The largest absolute Gasteiger partial charge is 0.376 e. The molecule has 0 bridgehead atoms. The van der Waals surface area contributed by atoms with Gasteiger partial charge >= 0.3 is 0 Å². The zero-order valence-electron chi connectivity index (χ0n) is 14.2. The topological polar surface area (TPSA) is 24.8 Å². The summed E-state index contributed by atoms with van der Waals surface area (Å²) in [4.78, 5) is 6.76. The minimum absolute atomic E-state index is 0.277. The number of fused-ring (bicyclic) bond motifs is 2. The SMILES string of the molecule is CCN(C)C=Nc1cc2c(cc1C)C1(CCCCC1)COC2. The summed E-state index contributed by atoms with van der Waals surface area (Å²) in [5.41, 5.74) is 5.53. The Kier molecular flexibility index (Phi) is 4.53. The van der Waals surface area contributed by atoms with E-state index in [1.165, 1.54) is 43.2 Å². The molecule has 3 nitrogen and oxygen atoms in total. The molecule has 0 atom stereocenters. The zero-order valence-corrected chi connectivity index (χ0v) is 14.2. The number of nitrogens with zero attached hydrogens (tertiary/aromatic N) is 2. The van der Waals surface area contributed by atoms with Crippen molar-refractivity contribution in [3.05, 3.63) is 28.8 Å². The molecule has 0 unspecified atom stereocenters. The average molecular weight is 300 g/mol. The van der Waals surface area contributed by atoms with Crippen molar-refractivity contribution >= 4 is 12.0 Å². The molecular formula is C19H28N2O. The molecule has 1 aliphatic heterocycles. The first-order valence-electron chi connectivity index (χ1n) is 8.61. The van der Waals surface area contributed by atoms with Gasteiger partial charge in [-0.25, -0.2) is 4.99 Å².